The fourth-order valence-corrected chi connectivity index (χ4v) is 7.36. The fourth-order valence-electron chi connectivity index (χ4n) is 6.39. The van der Waals surface area contributed by atoms with Gasteiger partial charge >= 0.3 is 12.1 Å². The first kappa shape index (κ1) is 40.0. The Morgan fingerprint density at radius 1 is 0.889 bits per heavy atom. The average molecular weight is 755 g/mol. The highest BCUT2D eigenvalue weighted by molar-refractivity contribution is 7.13. The summed E-state index contributed by atoms with van der Waals surface area (Å²) in [6.07, 6.45) is 1.78. The van der Waals surface area contributed by atoms with Crippen LogP contribution in [0.5, 0.6) is 5.75 Å². The van der Waals surface area contributed by atoms with Crippen LogP contribution in [0.2, 0.25) is 0 Å². The van der Waals surface area contributed by atoms with E-state index in [2.05, 4.69) is 54.7 Å². The number of pyridine rings is 1. The summed E-state index contributed by atoms with van der Waals surface area (Å²) in [5.41, 5.74) is 3.54. The molecular formula is C42H50N4O7S. The molecule has 12 heteroatoms. The van der Waals surface area contributed by atoms with Crippen molar-refractivity contribution in [2.24, 2.45) is 11.8 Å². The van der Waals surface area contributed by atoms with E-state index in [-0.39, 0.29) is 29.5 Å². The number of fused-ring (bicyclic) bond motifs is 3. The quantitative estimate of drug-likeness (QED) is 0.122. The van der Waals surface area contributed by atoms with Crippen LogP contribution >= 0.6 is 11.3 Å². The molecular weight excluding hydrogens is 705 g/mol. The molecule has 0 saturated carbocycles. The number of nitrogens with one attached hydrogen (secondary N) is 3. The zero-order valence-corrected chi connectivity index (χ0v) is 33.1. The second-order valence-electron chi connectivity index (χ2n) is 15.3. The molecule has 0 atom stereocenters. The van der Waals surface area contributed by atoms with Gasteiger partial charge in [0.25, 0.3) is 11.8 Å². The number of ether oxygens (including phenoxy) is 3. The predicted molar refractivity (Wildman–Crippen MR) is 211 cm³/mol. The molecule has 3 heterocycles. The fraction of sp³-hybridized carbons (Fsp3) is 0.405. The van der Waals surface area contributed by atoms with E-state index < -0.39 is 29.5 Å². The number of anilines is 1. The Bertz CT molecular complexity index is 1990. The van der Waals surface area contributed by atoms with E-state index in [1.165, 1.54) is 7.11 Å². The van der Waals surface area contributed by atoms with Gasteiger partial charge in [-0.2, -0.15) is 0 Å². The molecule has 286 valence electrons. The number of methoxy groups -OCH3 is 1. The van der Waals surface area contributed by atoms with E-state index in [1.807, 2.05) is 5.38 Å². The maximum atomic E-state index is 14.3. The Morgan fingerprint density at radius 2 is 1.59 bits per heavy atom. The van der Waals surface area contributed by atoms with Crippen molar-refractivity contribution in [1.82, 2.24) is 15.6 Å². The van der Waals surface area contributed by atoms with Gasteiger partial charge in [-0.25, -0.2) is 14.6 Å². The van der Waals surface area contributed by atoms with Crippen molar-refractivity contribution in [3.05, 3.63) is 88.1 Å². The Kier molecular flexibility index (Phi) is 12.8. The second kappa shape index (κ2) is 17.3. The van der Waals surface area contributed by atoms with E-state index in [9.17, 15) is 19.2 Å². The van der Waals surface area contributed by atoms with Gasteiger partial charge in [0.15, 0.2) is 5.69 Å². The Labute approximate surface area is 321 Å². The van der Waals surface area contributed by atoms with Gasteiger partial charge in [-0.05, 0) is 104 Å². The number of thiophene rings is 1. The summed E-state index contributed by atoms with van der Waals surface area (Å²) in [4.78, 5) is 58.8. The lowest BCUT2D eigenvalue weighted by molar-refractivity contribution is 0.0522. The highest BCUT2D eigenvalue weighted by Gasteiger charge is 2.28. The summed E-state index contributed by atoms with van der Waals surface area (Å²) < 4.78 is 16.7. The zero-order chi connectivity index (χ0) is 39.2. The molecule has 0 unspecified atom stereocenters. The van der Waals surface area contributed by atoms with E-state index in [1.54, 1.807) is 80.6 Å². The van der Waals surface area contributed by atoms with Crippen molar-refractivity contribution in [3.63, 3.8) is 0 Å². The highest BCUT2D eigenvalue weighted by Crippen LogP contribution is 2.43. The van der Waals surface area contributed by atoms with Crippen LogP contribution in [-0.4, -0.2) is 54.2 Å². The Hall–Kier alpha value is -5.23. The van der Waals surface area contributed by atoms with Crippen molar-refractivity contribution < 1.29 is 33.4 Å². The molecule has 4 aromatic rings. The van der Waals surface area contributed by atoms with Gasteiger partial charge in [0, 0.05) is 51.8 Å². The Balaban J connectivity index is 1.51. The van der Waals surface area contributed by atoms with Crippen LogP contribution < -0.4 is 20.7 Å². The van der Waals surface area contributed by atoms with Gasteiger partial charge in [0.1, 0.15) is 17.0 Å². The van der Waals surface area contributed by atoms with Crippen LogP contribution in [0.25, 0.3) is 21.6 Å². The summed E-state index contributed by atoms with van der Waals surface area (Å²) in [5, 5.41) is 10.9. The summed E-state index contributed by atoms with van der Waals surface area (Å²) >= 11 is 1.57. The first-order valence-electron chi connectivity index (χ1n) is 18.3. The molecule has 1 aliphatic heterocycles. The smallest absolute Gasteiger partial charge is 0.407 e. The third-order valence-electron chi connectivity index (χ3n) is 8.68. The van der Waals surface area contributed by atoms with Crippen molar-refractivity contribution >= 4 is 40.9 Å². The topological polar surface area (TPSA) is 145 Å². The average Bonchev–Trinajstić information content (AvgIpc) is 3.50. The number of nitrogens with zero attached hydrogens (tertiary/aromatic N) is 1. The molecule has 11 nitrogen and oxygen atoms in total. The normalized spacial score (nSPS) is 12.4. The largest absolute Gasteiger partial charge is 0.493 e. The molecule has 3 N–H and O–H groups in total. The van der Waals surface area contributed by atoms with Crippen LogP contribution in [0.3, 0.4) is 0 Å². The first-order chi connectivity index (χ1) is 25.6. The number of amides is 3. The number of alkyl carbamates (subject to hydrolysis) is 1. The third-order valence-corrected chi connectivity index (χ3v) is 9.67. The minimum atomic E-state index is -0.751. The van der Waals surface area contributed by atoms with Crippen LogP contribution in [-0.2, 0) is 22.4 Å². The number of carbonyl (C=O) groups is 4. The minimum absolute atomic E-state index is 0.0602. The molecule has 3 amide bonds. The first-order valence-corrected chi connectivity index (χ1v) is 19.1. The van der Waals surface area contributed by atoms with Gasteiger partial charge in [-0.1, -0.05) is 39.8 Å². The lowest BCUT2D eigenvalue weighted by Crippen LogP contribution is -2.37. The lowest BCUT2D eigenvalue weighted by atomic mass is 9.93. The van der Waals surface area contributed by atoms with E-state index >= 15 is 0 Å². The summed E-state index contributed by atoms with van der Waals surface area (Å²) in [5.74, 6) is -0.265. The van der Waals surface area contributed by atoms with Crippen molar-refractivity contribution in [2.45, 2.75) is 85.9 Å². The number of benzene rings is 2. The monoisotopic (exact) mass is 754 g/mol. The van der Waals surface area contributed by atoms with Crippen LogP contribution in [0.15, 0.2) is 60.0 Å². The standard InChI is InChI=1S/C42H50N4O7S/c1-24(2)19-29(20-25(3)4)45-39(48)34-14-13-30(36(46-34)40(49)51-8)31-22-35-33(37-27(15-17-52-35)16-18-54-37)21-32(31)38(47)44-28-11-9-26(10-12-28)23-43-41(50)53-42(5,6)7/h9-14,16,18,21-22,24-25,29H,15,17,19-20,23H2,1-8H3,(H,43,50)(H,44,47)(H,45,48). The zero-order valence-electron chi connectivity index (χ0n) is 32.3. The van der Waals surface area contributed by atoms with Crippen LogP contribution in [0, 0.1) is 11.8 Å². The molecule has 1 aliphatic rings. The molecule has 54 heavy (non-hydrogen) atoms. The lowest BCUT2D eigenvalue weighted by Gasteiger charge is -2.22. The maximum Gasteiger partial charge on any atom is 0.407 e. The third kappa shape index (κ3) is 10.2. The SMILES string of the molecule is COC(=O)c1nc(C(=O)NC(CC(C)C)CC(C)C)ccc1-c1cc2c(cc1C(=O)Nc1ccc(CNC(=O)OC(C)(C)C)cc1)-c1sccc1CCO2. The highest BCUT2D eigenvalue weighted by atomic mass is 32.1. The van der Waals surface area contributed by atoms with Gasteiger partial charge in [0.05, 0.1) is 13.7 Å². The molecule has 2 aromatic heterocycles. The number of carbonyl (C=O) groups excluding carboxylic acids is 4. The molecule has 0 saturated heterocycles. The second-order valence-corrected chi connectivity index (χ2v) is 16.2. The molecule has 0 spiro atoms. The maximum absolute atomic E-state index is 14.3. The van der Waals surface area contributed by atoms with Crippen molar-refractivity contribution in [3.8, 4) is 27.3 Å². The number of hydrogen-bond donors (Lipinski definition) is 3. The van der Waals surface area contributed by atoms with E-state index in [4.69, 9.17) is 14.2 Å². The van der Waals surface area contributed by atoms with Gasteiger partial charge < -0.3 is 30.2 Å². The molecule has 0 bridgehead atoms. The van der Waals surface area contributed by atoms with Gasteiger partial charge in [0.2, 0.25) is 0 Å². The predicted octanol–water partition coefficient (Wildman–Crippen LogP) is 8.67. The molecule has 0 aliphatic carbocycles. The van der Waals surface area contributed by atoms with Crippen molar-refractivity contribution in [1.29, 1.82) is 0 Å². The summed E-state index contributed by atoms with van der Waals surface area (Å²) in [6, 6.07) is 15.8. The number of aromatic nitrogens is 1. The Morgan fingerprint density at radius 3 is 2.24 bits per heavy atom. The number of hydrogen-bond acceptors (Lipinski definition) is 9. The molecule has 0 fully saturated rings. The number of esters is 1. The number of rotatable bonds is 12. The summed E-state index contributed by atoms with van der Waals surface area (Å²) in [7, 11) is 1.25. The molecule has 2 aromatic carbocycles. The van der Waals surface area contributed by atoms with Crippen LogP contribution in [0.4, 0.5) is 10.5 Å². The van der Waals surface area contributed by atoms with E-state index in [0.29, 0.717) is 47.4 Å². The minimum Gasteiger partial charge on any atom is -0.493 e. The summed E-state index contributed by atoms with van der Waals surface area (Å²) in [6.45, 7) is 14.5. The van der Waals surface area contributed by atoms with Crippen LogP contribution in [0.1, 0.15) is 104 Å². The molecule has 5 rings (SSSR count). The van der Waals surface area contributed by atoms with Gasteiger partial charge in [-0.15, -0.1) is 11.3 Å². The van der Waals surface area contributed by atoms with Crippen molar-refractivity contribution in [2.75, 3.05) is 19.0 Å². The molecule has 0 radical (unpaired) electrons. The van der Waals surface area contributed by atoms with Gasteiger partial charge in [-0.3, -0.25) is 9.59 Å². The van der Waals surface area contributed by atoms with E-state index in [0.717, 1.165) is 34.4 Å².